The number of nitrogens with two attached hydrogens (primary N) is 1. The lowest BCUT2D eigenvalue weighted by Crippen LogP contribution is -2.51. The quantitative estimate of drug-likeness (QED) is 0.746. The molecule has 0 aromatic heterocycles. The Morgan fingerprint density at radius 3 is 2.57 bits per heavy atom. The first kappa shape index (κ1) is 11.7. The molecule has 0 spiro atoms. The maximum absolute atomic E-state index is 12.1. The van der Waals surface area contributed by atoms with E-state index in [-0.39, 0.29) is 11.7 Å². The average Bonchev–Trinajstić information content (AvgIpc) is 2.28. The minimum Gasteiger partial charge on any atom is -0.381 e. The van der Waals surface area contributed by atoms with E-state index in [1.165, 1.54) is 0 Å². The molecule has 1 fully saturated rings. The van der Waals surface area contributed by atoms with E-state index in [0.29, 0.717) is 6.61 Å². The summed E-state index contributed by atoms with van der Waals surface area (Å²) in [5.41, 5.74) is 5.45. The first-order valence-corrected chi connectivity index (χ1v) is 5.55. The Morgan fingerprint density at radius 1 is 1.50 bits per heavy atom. The Hall–Kier alpha value is -0.410. The van der Waals surface area contributed by atoms with Crippen LogP contribution in [0, 0.1) is 5.92 Å². The highest BCUT2D eigenvalue weighted by Crippen LogP contribution is 2.23. The van der Waals surface area contributed by atoms with E-state index in [9.17, 15) is 4.79 Å². The van der Waals surface area contributed by atoms with Gasteiger partial charge in [0.15, 0.2) is 5.78 Å². The van der Waals surface area contributed by atoms with Crippen LogP contribution in [0.4, 0.5) is 0 Å². The molecular weight excluding hydrogens is 178 g/mol. The number of carbonyl (C=O) groups excluding carboxylic acids is 1. The van der Waals surface area contributed by atoms with Gasteiger partial charge in [0, 0.05) is 12.5 Å². The van der Waals surface area contributed by atoms with E-state index < -0.39 is 5.54 Å². The van der Waals surface area contributed by atoms with Gasteiger partial charge < -0.3 is 10.5 Å². The fourth-order valence-corrected chi connectivity index (χ4v) is 1.95. The van der Waals surface area contributed by atoms with E-state index in [1.807, 2.05) is 13.8 Å². The Balaban J connectivity index is 2.61. The molecule has 3 nitrogen and oxygen atoms in total. The van der Waals surface area contributed by atoms with Gasteiger partial charge in [0.2, 0.25) is 0 Å². The Kier molecular flexibility index (Phi) is 4.08. The molecule has 1 saturated heterocycles. The molecule has 1 heterocycles. The fourth-order valence-electron chi connectivity index (χ4n) is 1.95. The standard InChI is InChI=1S/C11H21NO2/c1-3-11(12,4-2)10(13)9-6-5-7-14-8-9/h9H,3-8,12H2,1-2H3. The van der Waals surface area contributed by atoms with Gasteiger partial charge in [-0.15, -0.1) is 0 Å². The highest BCUT2D eigenvalue weighted by atomic mass is 16.5. The number of hydrogen-bond donors (Lipinski definition) is 1. The van der Waals surface area contributed by atoms with Crippen LogP contribution in [-0.4, -0.2) is 24.5 Å². The molecule has 0 bridgehead atoms. The average molecular weight is 199 g/mol. The molecule has 0 amide bonds. The minimum atomic E-state index is -0.620. The second-order valence-corrected chi connectivity index (χ2v) is 4.14. The summed E-state index contributed by atoms with van der Waals surface area (Å²) in [6, 6.07) is 0. The zero-order valence-electron chi connectivity index (χ0n) is 9.21. The predicted molar refractivity (Wildman–Crippen MR) is 56.1 cm³/mol. The monoisotopic (exact) mass is 199 g/mol. The summed E-state index contributed by atoms with van der Waals surface area (Å²) < 4.78 is 5.31. The van der Waals surface area contributed by atoms with Crippen molar-refractivity contribution in [2.75, 3.05) is 13.2 Å². The van der Waals surface area contributed by atoms with Crippen molar-refractivity contribution in [2.45, 2.75) is 45.1 Å². The molecule has 0 radical (unpaired) electrons. The van der Waals surface area contributed by atoms with Gasteiger partial charge in [0.1, 0.15) is 0 Å². The fraction of sp³-hybridized carbons (Fsp3) is 0.909. The predicted octanol–water partition coefficient (Wildman–Crippen LogP) is 1.50. The van der Waals surface area contributed by atoms with E-state index in [1.54, 1.807) is 0 Å². The van der Waals surface area contributed by atoms with Crippen molar-refractivity contribution in [1.29, 1.82) is 0 Å². The highest BCUT2D eigenvalue weighted by molar-refractivity contribution is 5.90. The van der Waals surface area contributed by atoms with Crippen molar-refractivity contribution in [2.24, 2.45) is 11.7 Å². The third kappa shape index (κ3) is 2.34. The molecule has 0 aromatic carbocycles. The van der Waals surface area contributed by atoms with Gasteiger partial charge in [-0.25, -0.2) is 0 Å². The van der Waals surface area contributed by atoms with Crippen molar-refractivity contribution < 1.29 is 9.53 Å². The summed E-state index contributed by atoms with van der Waals surface area (Å²) >= 11 is 0. The SMILES string of the molecule is CCC(N)(CC)C(=O)C1CCCOC1. The second kappa shape index (κ2) is 4.89. The number of Topliss-reactive ketones (excluding diaryl/α,β-unsaturated/α-hetero) is 1. The van der Waals surface area contributed by atoms with Crippen LogP contribution >= 0.6 is 0 Å². The number of carbonyl (C=O) groups is 1. The summed E-state index contributed by atoms with van der Waals surface area (Å²) in [5.74, 6) is 0.232. The maximum atomic E-state index is 12.1. The molecule has 1 unspecified atom stereocenters. The number of hydrogen-bond acceptors (Lipinski definition) is 3. The van der Waals surface area contributed by atoms with Crippen LogP contribution in [0.3, 0.4) is 0 Å². The molecule has 82 valence electrons. The van der Waals surface area contributed by atoms with Gasteiger partial charge in [-0.05, 0) is 25.7 Å². The van der Waals surface area contributed by atoms with E-state index in [0.717, 1.165) is 32.3 Å². The first-order valence-electron chi connectivity index (χ1n) is 5.55. The number of ether oxygens (including phenoxy) is 1. The smallest absolute Gasteiger partial charge is 0.157 e. The first-order chi connectivity index (χ1) is 6.64. The van der Waals surface area contributed by atoms with Crippen LogP contribution < -0.4 is 5.73 Å². The zero-order chi connectivity index (χ0) is 10.6. The maximum Gasteiger partial charge on any atom is 0.157 e. The molecule has 1 rings (SSSR count). The summed E-state index contributed by atoms with van der Waals surface area (Å²) in [4.78, 5) is 12.1. The second-order valence-electron chi connectivity index (χ2n) is 4.14. The summed E-state index contributed by atoms with van der Waals surface area (Å²) in [7, 11) is 0. The Bertz CT molecular complexity index is 193. The lowest BCUT2D eigenvalue weighted by Gasteiger charge is -2.31. The van der Waals surface area contributed by atoms with Crippen molar-refractivity contribution in [3.05, 3.63) is 0 Å². The van der Waals surface area contributed by atoms with Crippen molar-refractivity contribution >= 4 is 5.78 Å². The summed E-state index contributed by atoms with van der Waals surface area (Å²) in [6.07, 6.45) is 3.37. The molecule has 0 saturated carbocycles. The molecule has 2 N–H and O–H groups in total. The molecule has 1 aliphatic rings. The highest BCUT2D eigenvalue weighted by Gasteiger charge is 2.36. The van der Waals surface area contributed by atoms with Crippen LogP contribution in [0.1, 0.15) is 39.5 Å². The van der Waals surface area contributed by atoms with Crippen LogP contribution in [0.25, 0.3) is 0 Å². The van der Waals surface area contributed by atoms with Gasteiger partial charge in [-0.1, -0.05) is 13.8 Å². The normalized spacial score (nSPS) is 23.5. The summed E-state index contributed by atoms with van der Waals surface area (Å²) in [5, 5.41) is 0. The molecule has 3 heteroatoms. The van der Waals surface area contributed by atoms with Crippen LogP contribution in [0.2, 0.25) is 0 Å². The van der Waals surface area contributed by atoms with Gasteiger partial charge in [0.25, 0.3) is 0 Å². The van der Waals surface area contributed by atoms with Crippen LogP contribution in [0.15, 0.2) is 0 Å². The van der Waals surface area contributed by atoms with Crippen LogP contribution in [0.5, 0.6) is 0 Å². The largest absolute Gasteiger partial charge is 0.381 e. The zero-order valence-corrected chi connectivity index (χ0v) is 9.21. The molecule has 0 aromatic rings. The Labute approximate surface area is 86.0 Å². The number of ketones is 1. The van der Waals surface area contributed by atoms with Gasteiger partial charge in [-0.2, -0.15) is 0 Å². The number of rotatable bonds is 4. The van der Waals surface area contributed by atoms with Crippen LogP contribution in [-0.2, 0) is 9.53 Å². The topological polar surface area (TPSA) is 52.3 Å². The molecule has 1 aliphatic heterocycles. The lowest BCUT2D eigenvalue weighted by atomic mass is 9.80. The van der Waals surface area contributed by atoms with Crippen molar-refractivity contribution in [3.8, 4) is 0 Å². The van der Waals surface area contributed by atoms with Gasteiger partial charge in [-0.3, -0.25) is 4.79 Å². The van der Waals surface area contributed by atoms with Gasteiger partial charge >= 0.3 is 0 Å². The molecule has 1 atom stereocenters. The van der Waals surface area contributed by atoms with Crippen molar-refractivity contribution in [3.63, 3.8) is 0 Å². The molecule has 14 heavy (non-hydrogen) atoms. The minimum absolute atomic E-state index is 0.0358. The third-order valence-corrected chi connectivity index (χ3v) is 3.28. The molecular formula is C11H21NO2. The lowest BCUT2D eigenvalue weighted by molar-refractivity contribution is -0.132. The molecule has 0 aliphatic carbocycles. The third-order valence-electron chi connectivity index (χ3n) is 3.28. The van der Waals surface area contributed by atoms with E-state index >= 15 is 0 Å². The van der Waals surface area contributed by atoms with Crippen molar-refractivity contribution in [1.82, 2.24) is 0 Å². The van der Waals surface area contributed by atoms with E-state index in [4.69, 9.17) is 10.5 Å². The van der Waals surface area contributed by atoms with E-state index in [2.05, 4.69) is 0 Å². The van der Waals surface area contributed by atoms with Gasteiger partial charge in [0.05, 0.1) is 12.1 Å². The summed E-state index contributed by atoms with van der Waals surface area (Å²) in [6.45, 7) is 5.31. The Morgan fingerprint density at radius 2 is 2.14 bits per heavy atom.